The fraction of sp³-hybridized carbons (Fsp3) is 0. The van der Waals surface area contributed by atoms with E-state index in [0.29, 0.717) is 5.02 Å². The predicted molar refractivity (Wildman–Crippen MR) is 75.5 cm³/mol. The van der Waals surface area contributed by atoms with Gasteiger partial charge in [0.25, 0.3) is 0 Å². The molecule has 1 amide bonds. The molecule has 0 fully saturated rings. The molecule has 0 aliphatic carbocycles. The van der Waals surface area contributed by atoms with Crippen molar-refractivity contribution in [3.63, 3.8) is 0 Å². The van der Waals surface area contributed by atoms with Crippen LogP contribution < -0.4 is 5.32 Å². The van der Waals surface area contributed by atoms with E-state index in [9.17, 15) is 13.6 Å². The molecule has 102 valence electrons. The maximum absolute atomic E-state index is 13.4. The summed E-state index contributed by atoms with van der Waals surface area (Å²) in [5.74, 6) is -1.61. The summed E-state index contributed by atoms with van der Waals surface area (Å²) >= 11 is 5.71. The van der Waals surface area contributed by atoms with E-state index in [1.165, 1.54) is 30.3 Å². The fourth-order valence-electron chi connectivity index (χ4n) is 1.54. The standard InChI is InChI=1S/C15H10ClF2NO/c16-11-6-7-13(18)14(9-11)19-15(20)8-5-10-3-1-2-4-12(10)17/h1-9H,(H,19,20)/b8-5+. The number of halogens is 3. The molecular formula is C15H10ClF2NO. The predicted octanol–water partition coefficient (Wildman–Crippen LogP) is 4.27. The van der Waals surface area contributed by atoms with E-state index in [4.69, 9.17) is 11.6 Å². The summed E-state index contributed by atoms with van der Waals surface area (Å²) in [4.78, 5) is 11.6. The van der Waals surface area contributed by atoms with Crippen LogP contribution in [0.1, 0.15) is 5.56 Å². The van der Waals surface area contributed by atoms with Crippen molar-refractivity contribution in [3.05, 3.63) is 70.8 Å². The minimum absolute atomic E-state index is 0.0271. The van der Waals surface area contributed by atoms with Gasteiger partial charge in [-0.25, -0.2) is 8.78 Å². The second-order valence-electron chi connectivity index (χ2n) is 3.97. The second-order valence-corrected chi connectivity index (χ2v) is 4.40. The fourth-order valence-corrected chi connectivity index (χ4v) is 1.72. The Kier molecular flexibility index (Phi) is 4.48. The highest BCUT2D eigenvalue weighted by Crippen LogP contribution is 2.19. The molecular weight excluding hydrogens is 284 g/mol. The van der Waals surface area contributed by atoms with Gasteiger partial charge in [0.05, 0.1) is 5.69 Å². The second kappa shape index (κ2) is 6.30. The van der Waals surface area contributed by atoms with E-state index >= 15 is 0 Å². The number of benzene rings is 2. The minimum Gasteiger partial charge on any atom is -0.320 e. The van der Waals surface area contributed by atoms with Crippen LogP contribution in [0.25, 0.3) is 6.08 Å². The lowest BCUT2D eigenvalue weighted by molar-refractivity contribution is -0.111. The summed E-state index contributed by atoms with van der Waals surface area (Å²) < 4.78 is 26.7. The van der Waals surface area contributed by atoms with Crippen LogP contribution in [0.4, 0.5) is 14.5 Å². The lowest BCUT2D eigenvalue weighted by atomic mass is 10.2. The highest BCUT2D eigenvalue weighted by atomic mass is 35.5. The molecule has 0 atom stereocenters. The molecule has 2 aromatic rings. The Hall–Kier alpha value is -2.20. The maximum atomic E-state index is 13.4. The molecule has 0 bridgehead atoms. The van der Waals surface area contributed by atoms with Crippen molar-refractivity contribution in [1.29, 1.82) is 0 Å². The summed E-state index contributed by atoms with van der Waals surface area (Å²) in [5.41, 5.74) is 0.245. The molecule has 0 spiro atoms. The van der Waals surface area contributed by atoms with Crippen LogP contribution in [-0.2, 0) is 4.79 Å². The third kappa shape index (κ3) is 3.65. The molecule has 0 unspecified atom stereocenters. The third-order valence-corrected chi connectivity index (χ3v) is 2.74. The molecule has 0 saturated heterocycles. The van der Waals surface area contributed by atoms with Crippen LogP contribution in [0.15, 0.2) is 48.5 Å². The van der Waals surface area contributed by atoms with Crippen LogP contribution in [-0.4, -0.2) is 5.91 Å². The smallest absolute Gasteiger partial charge is 0.248 e. The molecule has 2 aromatic carbocycles. The molecule has 0 saturated carbocycles. The Morgan fingerprint density at radius 1 is 1.10 bits per heavy atom. The zero-order valence-electron chi connectivity index (χ0n) is 10.2. The molecule has 0 aliphatic heterocycles. The van der Waals surface area contributed by atoms with Gasteiger partial charge in [-0.15, -0.1) is 0 Å². The highest BCUT2D eigenvalue weighted by molar-refractivity contribution is 6.30. The van der Waals surface area contributed by atoms with Crippen molar-refractivity contribution in [2.45, 2.75) is 0 Å². The molecule has 0 aliphatic rings. The summed E-state index contributed by atoms with van der Waals surface area (Å²) in [6, 6.07) is 9.84. The van der Waals surface area contributed by atoms with Gasteiger partial charge < -0.3 is 5.32 Å². The Morgan fingerprint density at radius 2 is 1.85 bits per heavy atom. The zero-order valence-corrected chi connectivity index (χ0v) is 11.0. The van der Waals surface area contributed by atoms with E-state index in [1.54, 1.807) is 12.1 Å². The van der Waals surface area contributed by atoms with Gasteiger partial charge >= 0.3 is 0 Å². The van der Waals surface area contributed by atoms with Crippen LogP contribution >= 0.6 is 11.6 Å². The number of amides is 1. The van der Waals surface area contributed by atoms with E-state index in [-0.39, 0.29) is 11.3 Å². The first kappa shape index (κ1) is 14.2. The summed E-state index contributed by atoms with van der Waals surface area (Å²) in [7, 11) is 0. The van der Waals surface area contributed by atoms with Gasteiger partial charge in [-0.2, -0.15) is 0 Å². The topological polar surface area (TPSA) is 29.1 Å². The van der Waals surface area contributed by atoms with E-state index in [0.717, 1.165) is 12.1 Å². The van der Waals surface area contributed by atoms with Crippen LogP contribution in [0, 0.1) is 11.6 Å². The van der Waals surface area contributed by atoms with Gasteiger partial charge in [-0.1, -0.05) is 29.8 Å². The zero-order chi connectivity index (χ0) is 14.5. The lowest BCUT2D eigenvalue weighted by Crippen LogP contribution is -2.09. The molecule has 2 rings (SSSR count). The largest absolute Gasteiger partial charge is 0.320 e. The van der Waals surface area contributed by atoms with Crippen molar-refractivity contribution in [3.8, 4) is 0 Å². The van der Waals surface area contributed by atoms with Crippen molar-refractivity contribution >= 4 is 29.3 Å². The Balaban J connectivity index is 2.10. The molecule has 0 radical (unpaired) electrons. The Bertz CT molecular complexity index is 671. The number of hydrogen-bond acceptors (Lipinski definition) is 1. The van der Waals surface area contributed by atoms with Crippen LogP contribution in [0.3, 0.4) is 0 Å². The van der Waals surface area contributed by atoms with Gasteiger partial charge in [0.15, 0.2) is 0 Å². The van der Waals surface area contributed by atoms with Gasteiger partial charge in [-0.3, -0.25) is 4.79 Å². The quantitative estimate of drug-likeness (QED) is 0.841. The average molecular weight is 294 g/mol. The maximum Gasteiger partial charge on any atom is 0.248 e. The lowest BCUT2D eigenvalue weighted by Gasteiger charge is -2.04. The summed E-state index contributed by atoms with van der Waals surface area (Å²) in [5, 5.41) is 2.64. The van der Waals surface area contributed by atoms with Gasteiger partial charge in [0.1, 0.15) is 11.6 Å². The first-order valence-electron chi connectivity index (χ1n) is 5.75. The third-order valence-electron chi connectivity index (χ3n) is 2.51. The van der Waals surface area contributed by atoms with E-state index < -0.39 is 17.5 Å². The number of carbonyl (C=O) groups is 1. The molecule has 2 nitrogen and oxygen atoms in total. The monoisotopic (exact) mass is 293 g/mol. The number of hydrogen-bond donors (Lipinski definition) is 1. The van der Waals surface area contributed by atoms with Crippen LogP contribution in [0.2, 0.25) is 5.02 Å². The van der Waals surface area contributed by atoms with Crippen LogP contribution in [0.5, 0.6) is 0 Å². The molecule has 20 heavy (non-hydrogen) atoms. The highest BCUT2D eigenvalue weighted by Gasteiger charge is 2.05. The number of anilines is 1. The number of nitrogens with one attached hydrogen (secondary N) is 1. The average Bonchev–Trinajstić information content (AvgIpc) is 2.42. The molecule has 1 N–H and O–H groups in total. The summed E-state index contributed by atoms with van der Waals surface area (Å²) in [6.45, 7) is 0. The van der Waals surface area contributed by atoms with Crippen molar-refractivity contribution in [2.24, 2.45) is 0 Å². The van der Waals surface area contributed by atoms with Crippen molar-refractivity contribution in [1.82, 2.24) is 0 Å². The van der Waals surface area contributed by atoms with Gasteiger partial charge in [0.2, 0.25) is 5.91 Å². The van der Waals surface area contributed by atoms with Gasteiger partial charge in [-0.05, 0) is 30.3 Å². The van der Waals surface area contributed by atoms with E-state index in [1.807, 2.05) is 0 Å². The molecule has 5 heteroatoms. The normalized spacial score (nSPS) is 10.8. The summed E-state index contributed by atoms with van der Waals surface area (Å²) in [6.07, 6.45) is 2.44. The minimum atomic E-state index is -0.595. The first-order chi connectivity index (χ1) is 9.56. The Labute approximate surface area is 119 Å². The Morgan fingerprint density at radius 3 is 2.60 bits per heavy atom. The SMILES string of the molecule is O=C(/C=C/c1ccccc1F)Nc1cc(Cl)ccc1F. The molecule has 0 heterocycles. The van der Waals surface area contributed by atoms with Gasteiger partial charge in [0, 0.05) is 16.7 Å². The van der Waals surface area contributed by atoms with E-state index in [2.05, 4.69) is 5.32 Å². The molecule has 0 aromatic heterocycles. The van der Waals surface area contributed by atoms with Crippen molar-refractivity contribution in [2.75, 3.05) is 5.32 Å². The number of carbonyl (C=O) groups excluding carboxylic acids is 1. The number of rotatable bonds is 3. The van der Waals surface area contributed by atoms with Crippen molar-refractivity contribution < 1.29 is 13.6 Å². The first-order valence-corrected chi connectivity index (χ1v) is 6.13.